The van der Waals surface area contributed by atoms with Crippen molar-refractivity contribution in [1.82, 2.24) is 15.1 Å². The fourth-order valence-electron chi connectivity index (χ4n) is 3.64. The molecule has 0 spiro atoms. The summed E-state index contributed by atoms with van der Waals surface area (Å²) in [5.41, 5.74) is 4.03. The maximum Gasteiger partial charge on any atom is 0.490 e. The zero-order chi connectivity index (χ0) is 32.9. The van der Waals surface area contributed by atoms with Gasteiger partial charge in [-0.05, 0) is 25.1 Å². The van der Waals surface area contributed by atoms with Crippen molar-refractivity contribution in [3.05, 3.63) is 48.0 Å². The van der Waals surface area contributed by atoms with E-state index in [4.69, 9.17) is 29.6 Å². The minimum Gasteiger partial charge on any atom is -0.488 e. The number of hydrogen-bond donors (Lipinski definition) is 2. The Bertz CT molecular complexity index is 1460. The van der Waals surface area contributed by atoms with Gasteiger partial charge in [0, 0.05) is 23.6 Å². The first-order valence-corrected chi connectivity index (χ1v) is 11.9. The molecule has 0 bridgehead atoms. The number of benzene rings is 1. The van der Waals surface area contributed by atoms with E-state index in [1.807, 2.05) is 0 Å². The van der Waals surface area contributed by atoms with Crippen LogP contribution >= 0.6 is 0 Å². The Morgan fingerprint density at radius 1 is 1.14 bits per heavy atom. The lowest BCUT2D eigenvalue weighted by Crippen LogP contribution is -2.46. The summed E-state index contributed by atoms with van der Waals surface area (Å²) in [6, 6.07) is 2.29. The standard InChI is InChI=1S/C22H19F6N5O4.C2HF3O2/c1-21(8-17(22(26,27)28)32-20(29)36-21)13-6-11(2-3-14(13)23)16-7-15(33-37-16)18-30-9-12(10-31-18)34-4-5-35-19(24)25;3-2(4,5)1(6)7/h2-3,6-7,9-10,17,19H,4-5,8H2,1H3,(H2,29,32);(H,6,7)/t17-,21-;/m0./s1. The molecule has 44 heavy (non-hydrogen) atoms. The van der Waals surface area contributed by atoms with Gasteiger partial charge in [0.1, 0.15) is 18.0 Å². The summed E-state index contributed by atoms with van der Waals surface area (Å²) >= 11 is 0. The van der Waals surface area contributed by atoms with E-state index < -0.39 is 54.8 Å². The van der Waals surface area contributed by atoms with Gasteiger partial charge in [0.15, 0.2) is 29.1 Å². The van der Waals surface area contributed by atoms with Crippen LogP contribution in [0.2, 0.25) is 0 Å². The van der Waals surface area contributed by atoms with Crippen LogP contribution < -0.4 is 10.5 Å². The number of alkyl halides is 8. The Morgan fingerprint density at radius 3 is 2.34 bits per heavy atom. The van der Waals surface area contributed by atoms with Crippen LogP contribution in [0.15, 0.2) is 46.2 Å². The molecular formula is C24H20F9N5O6. The number of hydrogen-bond acceptors (Lipinski definition) is 10. The number of halogens is 9. The SMILES string of the molecule is C[C@@]1(c2cc(-c3cc(-c4ncc(OCCOC(F)F)cn4)no3)ccc2F)C[C@@H](C(F)(F)F)N=C(N)O1.O=C(O)C(F)(F)F. The van der Waals surface area contributed by atoms with Crippen LogP contribution in [0, 0.1) is 5.82 Å². The average molecular weight is 645 g/mol. The topological polar surface area (TPSA) is 155 Å². The van der Waals surface area contributed by atoms with Gasteiger partial charge in [-0.1, -0.05) is 5.16 Å². The Kier molecular flexibility index (Phi) is 10.3. The maximum atomic E-state index is 14.8. The molecule has 1 aromatic carbocycles. The van der Waals surface area contributed by atoms with E-state index in [-0.39, 0.29) is 41.8 Å². The highest BCUT2D eigenvalue weighted by atomic mass is 19.4. The molecular weight excluding hydrogens is 625 g/mol. The molecule has 240 valence electrons. The second-order valence-electron chi connectivity index (χ2n) is 8.86. The van der Waals surface area contributed by atoms with Crippen molar-refractivity contribution in [2.45, 2.75) is 44.0 Å². The summed E-state index contributed by atoms with van der Waals surface area (Å²) < 4.78 is 130. The van der Waals surface area contributed by atoms with Crippen molar-refractivity contribution in [3.8, 4) is 28.6 Å². The molecule has 0 radical (unpaired) electrons. The number of aliphatic carboxylic acids is 1. The molecule has 1 aliphatic rings. The van der Waals surface area contributed by atoms with Crippen molar-refractivity contribution < 1.29 is 68.1 Å². The van der Waals surface area contributed by atoms with Crippen molar-refractivity contribution in [2.24, 2.45) is 10.7 Å². The van der Waals surface area contributed by atoms with Crippen LogP contribution in [0.1, 0.15) is 18.9 Å². The maximum absolute atomic E-state index is 14.8. The Balaban J connectivity index is 0.000000676. The van der Waals surface area contributed by atoms with Gasteiger partial charge >= 0.3 is 24.9 Å². The number of nitrogens with zero attached hydrogens (tertiary/aromatic N) is 4. The lowest BCUT2D eigenvalue weighted by atomic mass is 9.86. The molecule has 0 fully saturated rings. The van der Waals surface area contributed by atoms with E-state index in [9.17, 15) is 39.5 Å². The van der Waals surface area contributed by atoms with Crippen LogP contribution in [-0.4, -0.2) is 70.4 Å². The number of carboxylic acid groups (broad SMARTS) is 1. The summed E-state index contributed by atoms with van der Waals surface area (Å²) in [6.07, 6.45) is -7.88. The normalized spacial score (nSPS) is 18.6. The largest absolute Gasteiger partial charge is 0.490 e. The second-order valence-corrected chi connectivity index (χ2v) is 8.86. The zero-order valence-electron chi connectivity index (χ0n) is 22.0. The number of ether oxygens (including phenoxy) is 3. The predicted octanol–water partition coefficient (Wildman–Crippen LogP) is 5.07. The third kappa shape index (κ3) is 8.94. The van der Waals surface area contributed by atoms with E-state index in [0.29, 0.717) is 5.56 Å². The number of aliphatic imine (C=N–C) groups is 1. The molecule has 3 N–H and O–H groups in total. The van der Waals surface area contributed by atoms with Crippen molar-refractivity contribution in [1.29, 1.82) is 0 Å². The fourth-order valence-corrected chi connectivity index (χ4v) is 3.64. The summed E-state index contributed by atoms with van der Waals surface area (Å²) in [7, 11) is 0. The highest BCUT2D eigenvalue weighted by Crippen LogP contribution is 2.41. The first-order valence-electron chi connectivity index (χ1n) is 11.9. The summed E-state index contributed by atoms with van der Waals surface area (Å²) in [5, 5.41) is 11.0. The number of amidine groups is 1. The fraction of sp³-hybridized carbons (Fsp3) is 0.375. The van der Waals surface area contributed by atoms with Crippen molar-refractivity contribution >= 4 is 12.0 Å². The molecule has 3 aromatic rings. The third-order valence-corrected chi connectivity index (χ3v) is 5.60. The smallest absolute Gasteiger partial charge is 0.488 e. The quantitative estimate of drug-likeness (QED) is 0.251. The number of carbonyl (C=O) groups is 1. The molecule has 0 aliphatic carbocycles. The van der Waals surface area contributed by atoms with Gasteiger partial charge in [-0.15, -0.1) is 0 Å². The monoisotopic (exact) mass is 645 g/mol. The molecule has 2 aromatic heterocycles. The number of aromatic nitrogens is 3. The molecule has 0 saturated heterocycles. The highest BCUT2D eigenvalue weighted by molar-refractivity contribution is 5.74. The molecule has 3 heterocycles. The highest BCUT2D eigenvalue weighted by Gasteiger charge is 2.49. The van der Waals surface area contributed by atoms with Gasteiger partial charge in [-0.2, -0.15) is 35.1 Å². The van der Waals surface area contributed by atoms with E-state index >= 15 is 0 Å². The molecule has 4 rings (SSSR count). The lowest BCUT2D eigenvalue weighted by Gasteiger charge is -2.37. The van der Waals surface area contributed by atoms with Gasteiger partial charge < -0.3 is 29.6 Å². The first kappa shape index (κ1) is 33.9. The van der Waals surface area contributed by atoms with Crippen LogP contribution in [0.5, 0.6) is 5.75 Å². The summed E-state index contributed by atoms with van der Waals surface area (Å²) in [6.45, 7) is -2.08. The van der Waals surface area contributed by atoms with Crippen molar-refractivity contribution in [2.75, 3.05) is 13.2 Å². The van der Waals surface area contributed by atoms with Crippen molar-refractivity contribution in [3.63, 3.8) is 0 Å². The molecule has 1 aliphatic heterocycles. The first-order chi connectivity index (χ1) is 20.4. The number of carboxylic acids is 1. The molecule has 0 unspecified atom stereocenters. The second kappa shape index (κ2) is 13.3. The van der Waals surface area contributed by atoms with E-state index in [2.05, 4.69) is 24.9 Å². The summed E-state index contributed by atoms with van der Waals surface area (Å²) in [5.74, 6) is -3.08. The van der Waals surface area contributed by atoms with Gasteiger partial charge in [0.05, 0.1) is 19.0 Å². The minimum atomic E-state index is -5.08. The minimum absolute atomic E-state index is 0.132. The van der Waals surface area contributed by atoms with E-state index in [1.54, 1.807) is 0 Å². The molecule has 0 amide bonds. The lowest BCUT2D eigenvalue weighted by molar-refractivity contribution is -0.192. The predicted molar refractivity (Wildman–Crippen MR) is 129 cm³/mol. The summed E-state index contributed by atoms with van der Waals surface area (Å²) in [4.78, 5) is 20.3. The Hall–Kier alpha value is -4.62. The van der Waals surface area contributed by atoms with Gasteiger partial charge in [-0.25, -0.2) is 24.1 Å². The van der Waals surface area contributed by atoms with Crippen LogP contribution in [0.4, 0.5) is 39.5 Å². The van der Waals surface area contributed by atoms with Gasteiger partial charge in [0.25, 0.3) is 6.02 Å². The Morgan fingerprint density at radius 2 is 1.77 bits per heavy atom. The molecule has 0 saturated carbocycles. The average Bonchev–Trinajstić information content (AvgIpc) is 3.41. The van der Waals surface area contributed by atoms with Gasteiger partial charge in [-0.3, -0.25) is 0 Å². The number of nitrogens with two attached hydrogens (primary N) is 1. The van der Waals surface area contributed by atoms with E-state index in [0.717, 1.165) is 6.07 Å². The number of rotatable bonds is 8. The molecule has 20 heteroatoms. The molecule has 11 nitrogen and oxygen atoms in total. The van der Waals surface area contributed by atoms with Crippen LogP contribution in [-0.2, 0) is 19.9 Å². The van der Waals surface area contributed by atoms with E-state index in [1.165, 1.54) is 37.5 Å². The zero-order valence-corrected chi connectivity index (χ0v) is 22.0. The Labute approximate surface area is 240 Å². The van der Waals surface area contributed by atoms with Crippen LogP contribution in [0.25, 0.3) is 22.8 Å². The van der Waals surface area contributed by atoms with Crippen LogP contribution in [0.3, 0.4) is 0 Å². The third-order valence-electron chi connectivity index (χ3n) is 5.60. The van der Waals surface area contributed by atoms with Gasteiger partial charge in [0.2, 0.25) is 0 Å². The molecule has 2 atom stereocenters.